The van der Waals surface area contributed by atoms with Gasteiger partial charge in [0.1, 0.15) is 0 Å². The summed E-state index contributed by atoms with van der Waals surface area (Å²) in [5.41, 5.74) is 0.359. The first-order valence-corrected chi connectivity index (χ1v) is 15.6. The topological polar surface area (TPSA) is 108 Å². The molecule has 0 radical (unpaired) electrons. The third-order valence-electron chi connectivity index (χ3n) is 10.1. The van der Waals surface area contributed by atoms with Gasteiger partial charge in [-0.2, -0.15) is 13.2 Å². The molecule has 46 heavy (non-hydrogen) atoms. The number of nitrogens with zero attached hydrogens (tertiary/aromatic N) is 2. The highest BCUT2D eigenvalue weighted by molar-refractivity contribution is 5.94. The summed E-state index contributed by atoms with van der Waals surface area (Å²) in [6.07, 6.45) is 0.748. The van der Waals surface area contributed by atoms with Gasteiger partial charge in [-0.1, -0.05) is 18.2 Å². The molecule has 2 amide bonds. The van der Waals surface area contributed by atoms with Gasteiger partial charge in [-0.15, -0.1) is 0 Å². The predicted octanol–water partition coefficient (Wildman–Crippen LogP) is 4.00. The van der Waals surface area contributed by atoms with Crippen LogP contribution in [-0.4, -0.2) is 90.8 Å². The second-order valence-electron chi connectivity index (χ2n) is 12.8. The number of alkyl halides is 3. The van der Waals surface area contributed by atoms with E-state index in [2.05, 4.69) is 5.32 Å². The van der Waals surface area contributed by atoms with Crippen LogP contribution in [0.4, 0.5) is 13.2 Å². The number of nitrogens with one attached hydrogen (secondary N) is 1. The van der Waals surface area contributed by atoms with Crippen LogP contribution in [0.1, 0.15) is 51.9 Å². The molecule has 0 aromatic heterocycles. The number of carboxylic acid groups (broad SMARTS) is 1. The molecule has 0 spiro atoms. The Morgan fingerprint density at radius 1 is 1.13 bits per heavy atom. The van der Waals surface area contributed by atoms with Crippen molar-refractivity contribution < 1.29 is 42.1 Å². The van der Waals surface area contributed by atoms with Gasteiger partial charge in [0.15, 0.2) is 0 Å². The number of amides is 2. The van der Waals surface area contributed by atoms with Gasteiger partial charge in [-0.25, -0.2) is 4.79 Å². The largest absolute Gasteiger partial charge is 0.478 e. The van der Waals surface area contributed by atoms with E-state index >= 15 is 0 Å². The molecule has 4 aliphatic rings. The highest BCUT2D eigenvalue weighted by Crippen LogP contribution is 2.51. The maximum Gasteiger partial charge on any atom is 0.416 e. The molecule has 2 saturated heterocycles. The predicted molar refractivity (Wildman–Crippen MR) is 162 cm³/mol. The van der Waals surface area contributed by atoms with Crippen LogP contribution in [0.2, 0.25) is 0 Å². The van der Waals surface area contributed by atoms with E-state index in [9.17, 15) is 32.7 Å². The average molecular weight is 642 g/mol. The van der Waals surface area contributed by atoms with Gasteiger partial charge >= 0.3 is 12.1 Å². The highest BCUT2D eigenvalue weighted by Gasteiger charge is 2.59. The number of carbonyl (C=O) groups excluding carboxylic acids is 2. The van der Waals surface area contributed by atoms with Crippen molar-refractivity contribution in [1.29, 1.82) is 0 Å². The lowest BCUT2D eigenvalue weighted by atomic mass is 9.78. The molecule has 1 saturated carbocycles. The quantitative estimate of drug-likeness (QED) is 0.440. The first-order valence-electron chi connectivity index (χ1n) is 15.6. The fourth-order valence-corrected chi connectivity index (χ4v) is 7.70. The van der Waals surface area contributed by atoms with Crippen LogP contribution in [0.15, 0.2) is 48.5 Å². The number of methoxy groups -OCH3 is 1. The lowest BCUT2D eigenvalue weighted by Gasteiger charge is -2.38. The second-order valence-corrected chi connectivity index (χ2v) is 12.8. The molecular weight excluding hydrogens is 603 g/mol. The Bertz CT molecular complexity index is 1530. The molecule has 6 rings (SSSR count). The van der Waals surface area contributed by atoms with E-state index in [1.54, 1.807) is 35.1 Å². The molecule has 3 heterocycles. The maximum atomic E-state index is 14.5. The minimum absolute atomic E-state index is 0.00448. The zero-order chi connectivity index (χ0) is 32.6. The molecule has 9 nitrogen and oxygen atoms in total. The normalized spacial score (nSPS) is 27.9. The molecule has 12 heteroatoms. The second kappa shape index (κ2) is 12.8. The van der Waals surface area contributed by atoms with Crippen molar-refractivity contribution in [3.05, 3.63) is 76.4 Å². The van der Waals surface area contributed by atoms with Gasteiger partial charge < -0.3 is 29.7 Å². The molecule has 2 unspecified atom stereocenters. The summed E-state index contributed by atoms with van der Waals surface area (Å²) < 4.78 is 51.7. The van der Waals surface area contributed by atoms with E-state index in [0.717, 1.165) is 24.1 Å². The lowest BCUT2D eigenvalue weighted by molar-refractivity contribution is -0.144. The number of rotatable bonds is 7. The van der Waals surface area contributed by atoms with Crippen LogP contribution in [0, 0.1) is 11.3 Å². The molecule has 2 aromatic rings. The van der Waals surface area contributed by atoms with Crippen molar-refractivity contribution in [3.8, 4) is 0 Å². The molecule has 5 atom stereocenters. The molecule has 3 fully saturated rings. The van der Waals surface area contributed by atoms with Gasteiger partial charge in [-0.05, 0) is 78.6 Å². The number of likely N-dealkylation sites (tertiary alicyclic amines) is 1. The SMILES string of the molecule is COC1COCCC1N[C@H]1C[C@@H]2CN(C(=O)/C=C/c3cccc(C(=O)O)c3)C[C@@]2(C(=O)N2CCc3ccc(C(F)(F)F)cc3C2)C1. The summed E-state index contributed by atoms with van der Waals surface area (Å²) >= 11 is 0. The Labute approximate surface area is 265 Å². The van der Waals surface area contributed by atoms with Gasteiger partial charge in [0.25, 0.3) is 0 Å². The number of halogens is 3. The van der Waals surface area contributed by atoms with Crippen molar-refractivity contribution in [1.82, 2.24) is 15.1 Å². The lowest BCUT2D eigenvalue weighted by Crippen LogP contribution is -2.52. The number of benzene rings is 2. The van der Waals surface area contributed by atoms with Crippen LogP contribution in [0.3, 0.4) is 0 Å². The summed E-state index contributed by atoms with van der Waals surface area (Å²) in [7, 11) is 1.65. The zero-order valence-electron chi connectivity index (χ0n) is 25.6. The molecule has 1 aliphatic carbocycles. The first-order chi connectivity index (χ1) is 22.0. The zero-order valence-corrected chi connectivity index (χ0v) is 25.6. The smallest absolute Gasteiger partial charge is 0.416 e. The number of fused-ring (bicyclic) bond motifs is 2. The van der Waals surface area contributed by atoms with Crippen molar-refractivity contribution in [3.63, 3.8) is 0 Å². The number of ether oxygens (including phenoxy) is 2. The number of hydrogen-bond acceptors (Lipinski definition) is 6. The van der Waals surface area contributed by atoms with Crippen molar-refractivity contribution in [2.24, 2.45) is 11.3 Å². The third kappa shape index (κ3) is 6.43. The number of carbonyl (C=O) groups is 3. The van der Waals surface area contributed by atoms with Crippen LogP contribution >= 0.6 is 0 Å². The van der Waals surface area contributed by atoms with Gasteiger partial charge in [0, 0.05) is 58.1 Å². The molecule has 2 N–H and O–H groups in total. The summed E-state index contributed by atoms with van der Waals surface area (Å²) in [4.78, 5) is 42.6. The molecule has 246 valence electrons. The standard InChI is InChI=1S/C34H38F3N3O6/c1-45-29-19-46-12-10-28(29)38-27-15-26-18-40(30(41)8-5-21-3-2-4-23(13-21)31(42)43)20-33(26,16-27)32(44)39-11-9-22-6-7-25(34(35,36)37)14-24(22)17-39/h2-8,13-14,26-29,38H,9-12,15-20H2,1H3,(H,42,43)/b8-5+/t26-,27+,28?,29?,33+/m1/s1. The van der Waals surface area contributed by atoms with E-state index < -0.39 is 23.1 Å². The number of hydrogen-bond donors (Lipinski definition) is 2. The van der Waals surface area contributed by atoms with Crippen LogP contribution in [0.25, 0.3) is 6.08 Å². The summed E-state index contributed by atoms with van der Waals surface area (Å²) in [6, 6.07) is 10.1. The monoisotopic (exact) mass is 641 g/mol. The first kappa shape index (κ1) is 32.2. The Hall–Kier alpha value is -3.74. The fraction of sp³-hybridized carbons (Fsp3) is 0.500. The van der Waals surface area contributed by atoms with E-state index in [4.69, 9.17) is 9.47 Å². The van der Waals surface area contributed by atoms with Gasteiger partial charge in [0.05, 0.1) is 29.3 Å². The molecule has 2 aromatic carbocycles. The Morgan fingerprint density at radius 3 is 2.72 bits per heavy atom. The van der Waals surface area contributed by atoms with E-state index in [0.29, 0.717) is 56.7 Å². The summed E-state index contributed by atoms with van der Waals surface area (Å²) in [6.45, 7) is 2.13. The Balaban J connectivity index is 1.23. The van der Waals surface area contributed by atoms with E-state index in [1.165, 1.54) is 24.3 Å². The Morgan fingerprint density at radius 2 is 1.96 bits per heavy atom. The highest BCUT2D eigenvalue weighted by atomic mass is 19.4. The summed E-state index contributed by atoms with van der Waals surface area (Å²) in [5.74, 6) is -1.62. The maximum absolute atomic E-state index is 14.5. The average Bonchev–Trinajstić information content (AvgIpc) is 3.57. The van der Waals surface area contributed by atoms with Crippen LogP contribution in [-0.2, 0) is 38.2 Å². The molecule has 3 aliphatic heterocycles. The minimum Gasteiger partial charge on any atom is -0.478 e. The van der Waals surface area contributed by atoms with Crippen molar-refractivity contribution in [2.75, 3.05) is 40.0 Å². The number of carboxylic acids is 1. The third-order valence-corrected chi connectivity index (χ3v) is 10.1. The van der Waals surface area contributed by atoms with Gasteiger partial charge in [-0.3, -0.25) is 9.59 Å². The van der Waals surface area contributed by atoms with E-state index in [-0.39, 0.29) is 54.6 Å². The van der Waals surface area contributed by atoms with Crippen molar-refractivity contribution >= 4 is 23.9 Å². The van der Waals surface area contributed by atoms with Crippen LogP contribution < -0.4 is 5.32 Å². The number of aromatic carboxylic acids is 1. The molecular formula is C34H38F3N3O6. The van der Waals surface area contributed by atoms with Gasteiger partial charge in [0.2, 0.25) is 11.8 Å². The van der Waals surface area contributed by atoms with Crippen LogP contribution in [0.5, 0.6) is 0 Å². The minimum atomic E-state index is -4.48. The van der Waals surface area contributed by atoms with E-state index in [1.807, 2.05) is 0 Å². The fourth-order valence-electron chi connectivity index (χ4n) is 7.70. The van der Waals surface area contributed by atoms with Crippen molar-refractivity contribution in [2.45, 2.75) is 56.6 Å². The summed E-state index contributed by atoms with van der Waals surface area (Å²) in [5, 5.41) is 13.0. The molecule has 0 bridgehead atoms. The Kier molecular flexibility index (Phi) is 8.97.